The summed E-state index contributed by atoms with van der Waals surface area (Å²) in [5.41, 5.74) is 0.712. The standard InChI is InChI=1S/C17H24O3/c1-3-12-6-4-5-9-17(12)11-15(18)14-10-13(19-2)7-8-16(14)20-17/h7-8,10,12,15,18H,3-6,9,11H2,1-2H3/t12?,15-,17?/m0/s1. The Hall–Kier alpha value is -1.22. The van der Waals surface area contributed by atoms with Crippen LogP contribution in [0.1, 0.15) is 57.1 Å². The predicted molar refractivity (Wildman–Crippen MR) is 78.2 cm³/mol. The van der Waals surface area contributed by atoms with Crippen LogP contribution in [0.5, 0.6) is 11.5 Å². The van der Waals surface area contributed by atoms with Gasteiger partial charge in [0.1, 0.15) is 17.1 Å². The van der Waals surface area contributed by atoms with Crippen LogP contribution in [0.2, 0.25) is 0 Å². The van der Waals surface area contributed by atoms with E-state index in [1.165, 1.54) is 19.3 Å². The van der Waals surface area contributed by atoms with Crippen molar-refractivity contribution < 1.29 is 14.6 Å². The summed E-state index contributed by atoms with van der Waals surface area (Å²) in [6.07, 6.45) is 6.16. The van der Waals surface area contributed by atoms with E-state index in [0.29, 0.717) is 12.3 Å². The Morgan fingerprint density at radius 2 is 2.25 bits per heavy atom. The average molecular weight is 276 g/mol. The molecule has 2 aliphatic rings. The largest absolute Gasteiger partial charge is 0.497 e. The van der Waals surface area contributed by atoms with Crippen molar-refractivity contribution in [1.82, 2.24) is 0 Å². The molecule has 3 heteroatoms. The fraction of sp³-hybridized carbons (Fsp3) is 0.647. The van der Waals surface area contributed by atoms with Crippen LogP contribution < -0.4 is 9.47 Å². The molecule has 1 fully saturated rings. The average Bonchev–Trinajstić information content (AvgIpc) is 2.47. The van der Waals surface area contributed by atoms with Crippen LogP contribution in [0.25, 0.3) is 0 Å². The van der Waals surface area contributed by atoms with Gasteiger partial charge in [-0.15, -0.1) is 0 Å². The van der Waals surface area contributed by atoms with E-state index < -0.39 is 6.10 Å². The Bertz CT molecular complexity index is 485. The van der Waals surface area contributed by atoms with Crippen LogP contribution in [0.15, 0.2) is 18.2 Å². The molecule has 3 rings (SSSR count). The molecule has 1 N–H and O–H groups in total. The van der Waals surface area contributed by atoms with Gasteiger partial charge in [0.2, 0.25) is 0 Å². The zero-order valence-electron chi connectivity index (χ0n) is 12.4. The van der Waals surface area contributed by atoms with Gasteiger partial charge in [-0.3, -0.25) is 0 Å². The van der Waals surface area contributed by atoms with Crippen LogP contribution in [-0.2, 0) is 0 Å². The van der Waals surface area contributed by atoms with Gasteiger partial charge in [0.25, 0.3) is 0 Å². The highest BCUT2D eigenvalue weighted by atomic mass is 16.5. The zero-order valence-corrected chi connectivity index (χ0v) is 12.4. The molecular weight excluding hydrogens is 252 g/mol. The summed E-state index contributed by atoms with van der Waals surface area (Å²) < 4.78 is 11.7. The number of ether oxygens (including phenoxy) is 2. The number of aliphatic hydroxyl groups is 1. The molecule has 0 aromatic heterocycles. The van der Waals surface area contributed by atoms with Crippen molar-refractivity contribution in [2.75, 3.05) is 7.11 Å². The molecule has 0 radical (unpaired) electrons. The summed E-state index contributed by atoms with van der Waals surface area (Å²) in [6.45, 7) is 2.23. The maximum atomic E-state index is 10.6. The monoisotopic (exact) mass is 276 g/mol. The summed E-state index contributed by atoms with van der Waals surface area (Å²) in [7, 11) is 1.65. The third kappa shape index (κ3) is 2.18. The highest BCUT2D eigenvalue weighted by Gasteiger charge is 2.46. The van der Waals surface area contributed by atoms with Crippen LogP contribution in [0.3, 0.4) is 0 Å². The van der Waals surface area contributed by atoms with Crippen molar-refractivity contribution in [2.24, 2.45) is 5.92 Å². The minimum Gasteiger partial charge on any atom is -0.497 e. The van der Waals surface area contributed by atoms with Gasteiger partial charge in [0.05, 0.1) is 13.2 Å². The first-order chi connectivity index (χ1) is 9.68. The zero-order chi connectivity index (χ0) is 14.2. The second-order valence-electron chi connectivity index (χ2n) is 6.14. The number of rotatable bonds is 2. The van der Waals surface area contributed by atoms with Gasteiger partial charge in [-0.1, -0.05) is 13.3 Å². The van der Waals surface area contributed by atoms with Gasteiger partial charge >= 0.3 is 0 Å². The Morgan fingerprint density at radius 1 is 1.40 bits per heavy atom. The summed E-state index contributed by atoms with van der Waals surface area (Å²) >= 11 is 0. The van der Waals surface area contributed by atoms with Gasteiger partial charge in [0.15, 0.2) is 0 Å². The molecule has 1 aromatic rings. The normalized spacial score (nSPS) is 32.5. The van der Waals surface area contributed by atoms with Crippen molar-refractivity contribution in [3.8, 4) is 11.5 Å². The van der Waals surface area contributed by atoms with Gasteiger partial charge in [-0.05, 0) is 49.8 Å². The van der Waals surface area contributed by atoms with E-state index in [1.54, 1.807) is 7.11 Å². The highest BCUT2D eigenvalue weighted by molar-refractivity contribution is 5.43. The summed E-state index contributed by atoms with van der Waals surface area (Å²) in [6, 6.07) is 5.75. The van der Waals surface area contributed by atoms with Crippen molar-refractivity contribution in [3.63, 3.8) is 0 Å². The van der Waals surface area contributed by atoms with Crippen LogP contribution in [0, 0.1) is 5.92 Å². The second-order valence-corrected chi connectivity index (χ2v) is 6.14. The minimum absolute atomic E-state index is 0.159. The SMILES string of the molecule is CCC1CCCCC12C[C@H](O)c1cc(OC)ccc1O2. The molecule has 0 bridgehead atoms. The predicted octanol–water partition coefficient (Wildman–Crippen LogP) is 3.85. The molecule has 20 heavy (non-hydrogen) atoms. The van der Waals surface area contributed by atoms with E-state index in [9.17, 15) is 5.11 Å². The molecule has 1 aliphatic heterocycles. The fourth-order valence-electron chi connectivity index (χ4n) is 3.97. The number of hydrogen-bond acceptors (Lipinski definition) is 3. The lowest BCUT2D eigenvalue weighted by Gasteiger charge is -2.48. The van der Waals surface area contributed by atoms with Gasteiger partial charge in [-0.2, -0.15) is 0 Å². The van der Waals surface area contributed by atoms with Crippen molar-refractivity contribution in [1.29, 1.82) is 0 Å². The Labute approximate surface area is 120 Å². The number of aliphatic hydroxyl groups excluding tert-OH is 1. The van der Waals surface area contributed by atoms with E-state index in [4.69, 9.17) is 9.47 Å². The van der Waals surface area contributed by atoms with Gasteiger partial charge in [-0.25, -0.2) is 0 Å². The first-order valence-corrected chi connectivity index (χ1v) is 7.73. The Balaban J connectivity index is 1.95. The summed E-state index contributed by atoms with van der Waals surface area (Å²) in [4.78, 5) is 0. The Kier molecular flexibility index (Phi) is 3.63. The van der Waals surface area contributed by atoms with Crippen molar-refractivity contribution in [3.05, 3.63) is 23.8 Å². The fourth-order valence-corrected chi connectivity index (χ4v) is 3.97. The summed E-state index contributed by atoms with van der Waals surface area (Å²) in [5, 5.41) is 10.6. The van der Waals surface area contributed by atoms with Crippen LogP contribution >= 0.6 is 0 Å². The third-order valence-corrected chi connectivity index (χ3v) is 5.07. The van der Waals surface area contributed by atoms with E-state index in [2.05, 4.69) is 6.92 Å². The van der Waals surface area contributed by atoms with Crippen LogP contribution in [-0.4, -0.2) is 17.8 Å². The molecule has 0 saturated heterocycles. The molecule has 1 aromatic carbocycles. The van der Waals surface area contributed by atoms with Crippen LogP contribution in [0.4, 0.5) is 0 Å². The number of fused-ring (bicyclic) bond motifs is 1. The van der Waals surface area contributed by atoms with E-state index in [-0.39, 0.29) is 5.60 Å². The maximum Gasteiger partial charge on any atom is 0.126 e. The second kappa shape index (κ2) is 5.28. The molecule has 110 valence electrons. The summed E-state index contributed by atoms with van der Waals surface area (Å²) in [5.74, 6) is 2.17. The Morgan fingerprint density at radius 3 is 3.00 bits per heavy atom. The van der Waals surface area contributed by atoms with E-state index >= 15 is 0 Å². The lowest BCUT2D eigenvalue weighted by atomic mass is 9.69. The highest BCUT2D eigenvalue weighted by Crippen LogP contribution is 2.50. The number of methoxy groups -OCH3 is 1. The molecule has 1 spiro atoms. The molecular formula is C17H24O3. The molecule has 2 unspecified atom stereocenters. The van der Waals surface area contributed by atoms with Gasteiger partial charge < -0.3 is 14.6 Å². The molecule has 1 saturated carbocycles. The smallest absolute Gasteiger partial charge is 0.126 e. The van der Waals surface area contributed by atoms with E-state index in [1.807, 2.05) is 18.2 Å². The van der Waals surface area contributed by atoms with Crippen molar-refractivity contribution in [2.45, 2.75) is 57.2 Å². The molecule has 3 atom stereocenters. The molecule has 1 heterocycles. The quantitative estimate of drug-likeness (QED) is 0.891. The number of benzene rings is 1. The third-order valence-electron chi connectivity index (χ3n) is 5.07. The topological polar surface area (TPSA) is 38.7 Å². The number of hydrogen-bond donors (Lipinski definition) is 1. The molecule has 3 nitrogen and oxygen atoms in total. The first-order valence-electron chi connectivity index (χ1n) is 7.73. The molecule has 0 amide bonds. The first kappa shape index (κ1) is 13.7. The van der Waals surface area contributed by atoms with Gasteiger partial charge in [0, 0.05) is 12.0 Å². The lowest BCUT2D eigenvalue weighted by molar-refractivity contribution is -0.0782. The maximum absolute atomic E-state index is 10.6. The molecule has 1 aliphatic carbocycles. The lowest BCUT2D eigenvalue weighted by Crippen LogP contribution is -2.49. The van der Waals surface area contributed by atoms with E-state index in [0.717, 1.165) is 29.9 Å². The van der Waals surface area contributed by atoms with Crippen molar-refractivity contribution >= 4 is 0 Å². The minimum atomic E-state index is -0.444.